The monoisotopic (exact) mass is 396 g/mol. The van der Waals surface area contributed by atoms with Gasteiger partial charge in [0.1, 0.15) is 5.25 Å². The molecule has 2 rings (SSSR count). The maximum Gasteiger partial charge on any atom is 0.416 e. The maximum atomic E-state index is 13.3. The number of aryl methyl sites for hydroxylation is 2. The van der Waals surface area contributed by atoms with Crippen molar-refractivity contribution in [2.24, 2.45) is 0 Å². The first-order valence-electron chi connectivity index (χ1n) is 7.35. The van der Waals surface area contributed by atoms with Crippen LogP contribution in [0.2, 0.25) is 0 Å². The van der Waals surface area contributed by atoms with Crippen LogP contribution in [-0.4, -0.2) is 27.1 Å². The highest BCUT2D eigenvalue weighted by atomic mass is 32.2. The molecule has 0 aliphatic carbocycles. The number of aromatic nitrogens is 2. The number of halogens is 6. The van der Waals surface area contributed by atoms with Crippen molar-refractivity contribution in [3.63, 3.8) is 0 Å². The lowest BCUT2D eigenvalue weighted by Crippen LogP contribution is -2.30. The lowest BCUT2D eigenvalue weighted by molar-refractivity contribution is -0.137. The molecule has 26 heavy (non-hydrogen) atoms. The minimum absolute atomic E-state index is 0.175. The quantitative estimate of drug-likeness (QED) is 0.522. The third-order valence-electron chi connectivity index (χ3n) is 3.41. The first-order chi connectivity index (χ1) is 11.9. The van der Waals surface area contributed by atoms with Gasteiger partial charge in [0.2, 0.25) is 5.91 Å². The van der Waals surface area contributed by atoms with Crippen molar-refractivity contribution in [2.75, 3.05) is 0 Å². The van der Waals surface area contributed by atoms with E-state index in [1.807, 2.05) is 0 Å². The fourth-order valence-electron chi connectivity index (χ4n) is 2.26. The van der Waals surface area contributed by atoms with Gasteiger partial charge in [-0.1, -0.05) is 6.07 Å². The summed E-state index contributed by atoms with van der Waals surface area (Å²) in [5, 5.41) is 1.65. The van der Waals surface area contributed by atoms with Crippen LogP contribution in [0.3, 0.4) is 0 Å². The predicted molar refractivity (Wildman–Crippen MR) is 84.1 cm³/mol. The molecule has 10 heteroatoms. The van der Waals surface area contributed by atoms with Crippen LogP contribution in [0.15, 0.2) is 35.2 Å². The van der Waals surface area contributed by atoms with E-state index < -0.39 is 35.5 Å². The number of thioether (sulfide) groups is 1. The Balaban J connectivity index is 2.24. The molecule has 0 N–H and O–H groups in total. The first-order valence-corrected chi connectivity index (χ1v) is 8.23. The molecule has 0 bridgehead atoms. The van der Waals surface area contributed by atoms with Crippen molar-refractivity contribution in [1.29, 1.82) is 0 Å². The van der Waals surface area contributed by atoms with Gasteiger partial charge < -0.3 is 0 Å². The molecule has 1 atom stereocenters. The molecule has 3 nitrogen and oxygen atoms in total. The average molecular weight is 396 g/mol. The van der Waals surface area contributed by atoms with Gasteiger partial charge in [-0.2, -0.15) is 31.4 Å². The van der Waals surface area contributed by atoms with Crippen LogP contribution in [0.25, 0.3) is 0 Å². The Morgan fingerprint density at radius 1 is 1.15 bits per heavy atom. The van der Waals surface area contributed by atoms with Crippen LogP contribution in [0.5, 0.6) is 0 Å². The summed E-state index contributed by atoms with van der Waals surface area (Å²) in [7, 11) is 0. The average Bonchev–Trinajstić information content (AvgIpc) is 2.84. The lowest BCUT2D eigenvalue weighted by Gasteiger charge is -2.20. The summed E-state index contributed by atoms with van der Waals surface area (Å²) in [6.45, 7) is 3.12. The highest BCUT2D eigenvalue weighted by Gasteiger charge is 2.42. The minimum atomic E-state index is -4.77. The summed E-state index contributed by atoms with van der Waals surface area (Å²) in [6, 6.07) is 5.12. The maximum absolute atomic E-state index is 13.3. The molecule has 1 aromatic heterocycles. The Bertz CT molecular complexity index is 797. The number of carbonyl (C=O) groups excluding carboxylic acids is 1. The highest BCUT2D eigenvalue weighted by molar-refractivity contribution is 8.00. The van der Waals surface area contributed by atoms with Gasteiger partial charge in [0.05, 0.1) is 11.3 Å². The van der Waals surface area contributed by atoms with E-state index in [1.165, 1.54) is 6.92 Å². The van der Waals surface area contributed by atoms with E-state index >= 15 is 0 Å². The standard InChI is InChI=1S/C16H14F6N2OS/c1-9-6-10(2)24(23-9)14(25)8-13(16(20,21)22)26-12-5-3-4-11(7-12)15(17,18)19/h3-7,13H,8H2,1-2H3/t13-/m0/s1. The number of hydrogen-bond acceptors (Lipinski definition) is 3. The number of carbonyl (C=O) groups is 1. The molecule has 0 radical (unpaired) electrons. The van der Waals surface area contributed by atoms with Crippen LogP contribution >= 0.6 is 11.8 Å². The fourth-order valence-corrected chi connectivity index (χ4v) is 3.30. The van der Waals surface area contributed by atoms with E-state index in [9.17, 15) is 31.1 Å². The van der Waals surface area contributed by atoms with E-state index in [1.54, 1.807) is 13.0 Å². The van der Waals surface area contributed by atoms with Crippen molar-refractivity contribution >= 4 is 17.7 Å². The van der Waals surface area contributed by atoms with Gasteiger partial charge in [0.25, 0.3) is 0 Å². The van der Waals surface area contributed by atoms with E-state index in [4.69, 9.17) is 0 Å². The van der Waals surface area contributed by atoms with E-state index in [2.05, 4.69) is 5.10 Å². The number of hydrogen-bond donors (Lipinski definition) is 0. The number of rotatable bonds is 4. The molecular weight excluding hydrogens is 382 g/mol. The van der Waals surface area contributed by atoms with E-state index in [0.29, 0.717) is 17.5 Å². The van der Waals surface area contributed by atoms with Crippen molar-refractivity contribution < 1.29 is 31.1 Å². The van der Waals surface area contributed by atoms with Gasteiger partial charge in [-0.3, -0.25) is 4.79 Å². The van der Waals surface area contributed by atoms with Crippen LogP contribution in [0, 0.1) is 13.8 Å². The molecular formula is C16H14F6N2OS. The molecule has 0 amide bonds. The summed E-state index contributed by atoms with van der Waals surface area (Å²) in [6.07, 6.45) is -10.4. The van der Waals surface area contributed by atoms with Gasteiger partial charge in [0, 0.05) is 17.0 Å². The number of alkyl halides is 6. The molecule has 1 aromatic carbocycles. The summed E-state index contributed by atoms with van der Waals surface area (Å²) in [5.74, 6) is -0.877. The number of benzene rings is 1. The largest absolute Gasteiger partial charge is 0.416 e. The highest BCUT2D eigenvalue weighted by Crippen LogP contribution is 2.39. The normalized spacial score (nSPS) is 13.7. The zero-order valence-corrected chi connectivity index (χ0v) is 14.5. The van der Waals surface area contributed by atoms with Gasteiger partial charge in [-0.25, -0.2) is 4.68 Å². The summed E-state index contributed by atoms with van der Waals surface area (Å²) in [4.78, 5) is 11.9. The van der Waals surface area contributed by atoms with Crippen LogP contribution in [0.1, 0.15) is 28.2 Å². The fraction of sp³-hybridized carbons (Fsp3) is 0.375. The van der Waals surface area contributed by atoms with Crippen molar-refractivity contribution in [3.8, 4) is 0 Å². The Kier molecular flexibility index (Phi) is 5.74. The smallest absolute Gasteiger partial charge is 0.273 e. The first kappa shape index (κ1) is 20.3. The Labute approximate surface area is 149 Å². The third-order valence-corrected chi connectivity index (χ3v) is 4.66. The second kappa shape index (κ2) is 7.34. The summed E-state index contributed by atoms with van der Waals surface area (Å²) in [5.41, 5.74) is -0.185. The zero-order chi connectivity index (χ0) is 19.7. The van der Waals surface area contributed by atoms with Gasteiger partial charge in [-0.15, -0.1) is 11.8 Å². The molecule has 0 aliphatic heterocycles. The van der Waals surface area contributed by atoms with Gasteiger partial charge >= 0.3 is 12.4 Å². The second-order valence-corrected chi connectivity index (χ2v) is 6.89. The zero-order valence-electron chi connectivity index (χ0n) is 13.6. The molecule has 0 saturated heterocycles. The second-order valence-electron chi connectivity index (χ2n) is 5.61. The molecule has 142 valence electrons. The van der Waals surface area contributed by atoms with Crippen molar-refractivity contribution in [1.82, 2.24) is 9.78 Å². The molecule has 0 unspecified atom stereocenters. The molecule has 0 fully saturated rings. The van der Waals surface area contributed by atoms with Crippen molar-refractivity contribution in [3.05, 3.63) is 47.3 Å². The summed E-state index contributed by atoms with van der Waals surface area (Å²) < 4.78 is 78.9. The predicted octanol–water partition coefficient (Wildman–Crippen LogP) is 5.27. The molecule has 2 aromatic rings. The molecule has 0 aliphatic rings. The third kappa shape index (κ3) is 5.03. The lowest BCUT2D eigenvalue weighted by atomic mass is 10.2. The summed E-state index contributed by atoms with van der Waals surface area (Å²) >= 11 is 0.175. The Hall–Kier alpha value is -1.97. The minimum Gasteiger partial charge on any atom is -0.273 e. The van der Waals surface area contributed by atoms with Gasteiger partial charge in [-0.05, 0) is 38.1 Å². The molecule has 0 spiro atoms. The van der Waals surface area contributed by atoms with Crippen LogP contribution < -0.4 is 0 Å². The molecule has 0 saturated carbocycles. The van der Waals surface area contributed by atoms with Crippen LogP contribution in [0.4, 0.5) is 26.3 Å². The van der Waals surface area contributed by atoms with Crippen LogP contribution in [-0.2, 0) is 6.18 Å². The Morgan fingerprint density at radius 3 is 2.31 bits per heavy atom. The Morgan fingerprint density at radius 2 is 1.81 bits per heavy atom. The van der Waals surface area contributed by atoms with Gasteiger partial charge in [0.15, 0.2) is 0 Å². The SMILES string of the molecule is Cc1cc(C)n(C(=O)C[C@H](Sc2cccc(C(F)(F)F)c2)C(F)(F)F)n1. The van der Waals surface area contributed by atoms with Crippen molar-refractivity contribution in [2.45, 2.75) is 42.8 Å². The number of nitrogens with zero attached hydrogens (tertiary/aromatic N) is 2. The molecule has 1 heterocycles. The topological polar surface area (TPSA) is 34.9 Å². The van der Waals surface area contributed by atoms with E-state index in [0.717, 1.165) is 22.9 Å². The van der Waals surface area contributed by atoms with E-state index in [-0.39, 0.29) is 16.7 Å².